The van der Waals surface area contributed by atoms with Gasteiger partial charge in [-0.2, -0.15) is 5.10 Å². The predicted octanol–water partition coefficient (Wildman–Crippen LogP) is 4.83. The van der Waals surface area contributed by atoms with Gasteiger partial charge in [0.2, 0.25) is 0 Å². The molecule has 2 aromatic rings. The Bertz CT molecular complexity index is 648. The number of anilines is 1. The van der Waals surface area contributed by atoms with Crippen molar-refractivity contribution in [3.05, 3.63) is 33.6 Å². The van der Waals surface area contributed by atoms with Crippen molar-refractivity contribution >= 4 is 23.1 Å². The average Bonchev–Trinajstić information content (AvgIpc) is 3.13. The SMILES string of the molecule is CCC(C)n1nccc1NC(=O)c1cc2c(s1)CCCCCC2. The van der Waals surface area contributed by atoms with Gasteiger partial charge in [-0.15, -0.1) is 11.3 Å². The molecule has 1 atom stereocenters. The van der Waals surface area contributed by atoms with Crippen molar-refractivity contribution in [3.8, 4) is 0 Å². The van der Waals surface area contributed by atoms with Crippen LogP contribution in [0, 0.1) is 0 Å². The molecular weight excluding hydrogens is 306 g/mol. The van der Waals surface area contributed by atoms with Gasteiger partial charge >= 0.3 is 0 Å². The normalized spacial score (nSPS) is 16.3. The van der Waals surface area contributed by atoms with Gasteiger partial charge in [-0.3, -0.25) is 4.79 Å². The van der Waals surface area contributed by atoms with E-state index < -0.39 is 0 Å². The van der Waals surface area contributed by atoms with Crippen LogP contribution in [0.4, 0.5) is 5.82 Å². The van der Waals surface area contributed by atoms with E-state index in [0.717, 1.165) is 30.0 Å². The molecule has 3 rings (SSSR count). The molecule has 1 unspecified atom stereocenters. The maximum absolute atomic E-state index is 12.6. The van der Waals surface area contributed by atoms with Crippen molar-refractivity contribution in [2.45, 2.75) is 64.8 Å². The molecule has 1 N–H and O–H groups in total. The summed E-state index contributed by atoms with van der Waals surface area (Å²) in [7, 11) is 0. The minimum absolute atomic E-state index is 0.00759. The van der Waals surface area contributed by atoms with Crippen LogP contribution in [-0.2, 0) is 12.8 Å². The molecule has 1 aliphatic rings. The van der Waals surface area contributed by atoms with Gasteiger partial charge in [-0.25, -0.2) is 4.68 Å². The first-order valence-electron chi connectivity index (χ1n) is 8.65. The number of fused-ring (bicyclic) bond motifs is 1. The highest BCUT2D eigenvalue weighted by atomic mass is 32.1. The molecule has 0 aromatic carbocycles. The summed E-state index contributed by atoms with van der Waals surface area (Å²) in [6, 6.07) is 4.25. The molecule has 0 saturated carbocycles. The Labute approximate surface area is 141 Å². The Balaban J connectivity index is 1.76. The topological polar surface area (TPSA) is 46.9 Å². The van der Waals surface area contributed by atoms with Crippen molar-refractivity contribution in [2.24, 2.45) is 0 Å². The molecule has 124 valence electrons. The standard InChI is InChI=1S/C18H25N3OS/c1-3-13(2)21-17(10-11-19-21)20-18(22)16-12-14-8-6-4-5-7-9-15(14)23-16/h10-13H,3-9H2,1-2H3,(H,20,22). The van der Waals surface area contributed by atoms with Crippen LogP contribution in [0.15, 0.2) is 18.3 Å². The van der Waals surface area contributed by atoms with Crippen LogP contribution in [0.1, 0.15) is 72.1 Å². The third-order valence-electron chi connectivity index (χ3n) is 4.64. The van der Waals surface area contributed by atoms with Crippen molar-refractivity contribution in [3.63, 3.8) is 0 Å². The van der Waals surface area contributed by atoms with E-state index >= 15 is 0 Å². The van der Waals surface area contributed by atoms with E-state index in [1.165, 1.54) is 36.1 Å². The molecule has 0 bridgehead atoms. The Morgan fingerprint density at radius 1 is 1.35 bits per heavy atom. The lowest BCUT2D eigenvalue weighted by molar-refractivity contribution is 0.102. The lowest BCUT2D eigenvalue weighted by Crippen LogP contribution is -2.16. The Morgan fingerprint density at radius 3 is 2.91 bits per heavy atom. The second kappa shape index (κ2) is 7.30. The van der Waals surface area contributed by atoms with Gasteiger partial charge < -0.3 is 5.32 Å². The minimum atomic E-state index is -0.00759. The van der Waals surface area contributed by atoms with E-state index in [9.17, 15) is 4.79 Å². The second-order valence-electron chi connectivity index (χ2n) is 6.35. The molecule has 2 heterocycles. The molecule has 4 nitrogen and oxygen atoms in total. The van der Waals surface area contributed by atoms with E-state index in [1.54, 1.807) is 17.5 Å². The first-order chi connectivity index (χ1) is 11.2. The van der Waals surface area contributed by atoms with Crippen molar-refractivity contribution in [2.75, 3.05) is 5.32 Å². The molecule has 0 spiro atoms. The fourth-order valence-corrected chi connectivity index (χ4v) is 4.22. The van der Waals surface area contributed by atoms with Gasteiger partial charge in [0.05, 0.1) is 17.1 Å². The number of carbonyl (C=O) groups excluding carboxylic acids is 1. The maximum Gasteiger partial charge on any atom is 0.266 e. The van der Waals surface area contributed by atoms with Gasteiger partial charge in [-0.05, 0) is 50.7 Å². The summed E-state index contributed by atoms with van der Waals surface area (Å²) in [4.78, 5) is 14.9. The van der Waals surface area contributed by atoms with E-state index in [4.69, 9.17) is 0 Å². The molecular formula is C18H25N3OS. The van der Waals surface area contributed by atoms with Gasteiger partial charge in [0.1, 0.15) is 5.82 Å². The van der Waals surface area contributed by atoms with Crippen LogP contribution in [-0.4, -0.2) is 15.7 Å². The van der Waals surface area contributed by atoms with E-state index in [0.29, 0.717) is 0 Å². The number of nitrogens with one attached hydrogen (secondary N) is 1. The molecule has 0 fully saturated rings. The van der Waals surface area contributed by atoms with E-state index in [1.807, 2.05) is 10.7 Å². The monoisotopic (exact) mass is 331 g/mol. The van der Waals surface area contributed by atoms with Gasteiger partial charge in [0.15, 0.2) is 0 Å². The molecule has 1 aliphatic carbocycles. The average molecular weight is 331 g/mol. The highest BCUT2D eigenvalue weighted by molar-refractivity contribution is 7.14. The number of aryl methyl sites for hydroxylation is 2. The Hall–Kier alpha value is -1.62. The summed E-state index contributed by atoms with van der Waals surface area (Å²) < 4.78 is 1.89. The van der Waals surface area contributed by atoms with Crippen LogP contribution in [0.2, 0.25) is 0 Å². The first-order valence-corrected chi connectivity index (χ1v) is 9.47. The second-order valence-corrected chi connectivity index (χ2v) is 7.48. The number of thiophene rings is 1. The fraction of sp³-hybridized carbons (Fsp3) is 0.556. The van der Waals surface area contributed by atoms with Crippen LogP contribution < -0.4 is 5.32 Å². The highest BCUT2D eigenvalue weighted by Crippen LogP contribution is 2.29. The van der Waals surface area contributed by atoms with Crippen LogP contribution in [0.25, 0.3) is 0 Å². The quantitative estimate of drug-likeness (QED) is 0.872. The molecule has 0 saturated heterocycles. The fourth-order valence-electron chi connectivity index (χ4n) is 3.07. The van der Waals surface area contributed by atoms with Gasteiger partial charge in [-0.1, -0.05) is 19.8 Å². The maximum atomic E-state index is 12.6. The van der Waals surface area contributed by atoms with Crippen LogP contribution in [0.5, 0.6) is 0 Å². The number of rotatable bonds is 4. The summed E-state index contributed by atoms with van der Waals surface area (Å²) in [6.45, 7) is 4.23. The predicted molar refractivity (Wildman–Crippen MR) is 95.4 cm³/mol. The van der Waals surface area contributed by atoms with Crippen LogP contribution >= 0.6 is 11.3 Å². The van der Waals surface area contributed by atoms with E-state index in [-0.39, 0.29) is 11.9 Å². The zero-order valence-electron chi connectivity index (χ0n) is 14.0. The largest absolute Gasteiger partial charge is 0.306 e. The molecule has 0 radical (unpaired) electrons. The van der Waals surface area contributed by atoms with Crippen molar-refractivity contribution in [1.82, 2.24) is 9.78 Å². The number of carbonyl (C=O) groups is 1. The number of hydrogen-bond acceptors (Lipinski definition) is 3. The van der Waals surface area contributed by atoms with E-state index in [2.05, 4.69) is 30.3 Å². The first kappa shape index (κ1) is 16.2. The number of amides is 1. The molecule has 5 heteroatoms. The van der Waals surface area contributed by atoms with Crippen molar-refractivity contribution in [1.29, 1.82) is 0 Å². The Kier molecular flexibility index (Phi) is 5.16. The molecule has 2 aromatic heterocycles. The van der Waals surface area contributed by atoms with Gasteiger partial charge in [0.25, 0.3) is 5.91 Å². The minimum Gasteiger partial charge on any atom is -0.306 e. The summed E-state index contributed by atoms with van der Waals surface area (Å²) in [5.74, 6) is 0.775. The molecule has 0 aliphatic heterocycles. The number of nitrogens with zero attached hydrogens (tertiary/aromatic N) is 2. The van der Waals surface area contributed by atoms with Crippen LogP contribution in [0.3, 0.4) is 0 Å². The number of aromatic nitrogens is 2. The number of hydrogen-bond donors (Lipinski definition) is 1. The molecule has 23 heavy (non-hydrogen) atoms. The van der Waals surface area contributed by atoms with Crippen molar-refractivity contribution < 1.29 is 4.79 Å². The summed E-state index contributed by atoms with van der Waals surface area (Å²) in [5.41, 5.74) is 1.38. The third kappa shape index (κ3) is 3.66. The zero-order valence-corrected chi connectivity index (χ0v) is 14.8. The molecule has 1 amide bonds. The summed E-state index contributed by atoms with van der Waals surface area (Å²) >= 11 is 1.67. The zero-order chi connectivity index (χ0) is 16.2. The third-order valence-corrected chi connectivity index (χ3v) is 5.88. The summed E-state index contributed by atoms with van der Waals surface area (Å²) in [6.07, 6.45) is 10.1. The summed E-state index contributed by atoms with van der Waals surface area (Å²) in [5, 5.41) is 7.36. The van der Waals surface area contributed by atoms with Gasteiger partial charge in [0, 0.05) is 10.9 Å². The smallest absolute Gasteiger partial charge is 0.266 e. The lowest BCUT2D eigenvalue weighted by atomic mass is 10.00. The lowest BCUT2D eigenvalue weighted by Gasteiger charge is -2.13. The highest BCUT2D eigenvalue weighted by Gasteiger charge is 2.18. The Morgan fingerprint density at radius 2 is 2.13 bits per heavy atom.